The number of carboxylic acid groups (broad SMARTS) is 1. The molecule has 0 saturated heterocycles. The Morgan fingerprint density at radius 3 is 2.00 bits per heavy atom. The summed E-state index contributed by atoms with van der Waals surface area (Å²) < 4.78 is 0.0882. The van der Waals surface area contributed by atoms with Crippen LogP contribution < -0.4 is 10.8 Å². The maximum atomic E-state index is 11.2. The molecular weight excluding hydrogens is 386 g/mol. The van der Waals surface area contributed by atoms with Crippen molar-refractivity contribution in [3.63, 3.8) is 0 Å². The fraction of sp³-hybridized carbons (Fsp3) is 0.769. The van der Waals surface area contributed by atoms with Gasteiger partial charge < -0.3 is 9.90 Å². The van der Waals surface area contributed by atoms with E-state index in [1.165, 1.54) is 77.0 Å². The summed E-state index contributed by atoms with van der Waals surface area (Å²) in [5.41, 5.74) is 6.07. The van der Waals surface area contributed by atoms with Gasteiger partial charge in [0.1, 0.15) is 18.9 Å². The lowest BCUT2D eigenvalue weighted by Crippen LogP contribution is -2.60. The van der Waals surface area contributed by atoms with E-state index in [4.69, 9.17) is 5.73 Å². The van der Waals surface area contributed by atoms with Crippen LogP contribution in [0.25, 0.3) is 0 Å². The fourth-order valence-corrected chi connectivity index (χ4v) is 4.29. The molecule has 178 valence electrons. The fourth-order valence-electron chi connectivity index (χ4n) is 4.29. The molecule has 31 heavy (non-hydrogen) atoms. The molecule has 0 aromatic carbocycles. The molecular formula is C26H47N3O2. The van der Waals surface area contributed by atoms with Crippen LogP contribution in [0.4, 0.5) is 0 Å². The third-order valence-corrected chi connectivity index (χ3v) is 6.32. The summed E-state index contributed by atoms with van der Waals surface area (Å²) in [5, 5.41) is 11.2. The monoisotopic (exact) mass is 433 g/mol. The van der Waals surface area contributed by atoms with Gasteiger partial charge in [-0.25, -0.2) is 9.48 Å². The van der Waals surface area contributed by atoms with Gasteiger partial charge in [-0.15, -0.1) is 0 Å². The Kier molecular flexibility index (Phi) is 15.2. The predicted octanol–water partition coefficient (Wildman–Crippen LogP) is 5.56. The Morgan fingerprint density at radius 1 is 0.968 bits per heavy atom. The van der Waals surface area contributed by atoms with Crippen molar-refractivity contribution in [3.8, 4) is 0 Å². The average molecular weight is 434 g/mol. The predicted molar refractivity (Wildman–Crippen MR) is 129 cm³/mol. The summed E-state index contributed by atoms with van der Waals surface area (Å²) in [6.45, 7) is 3.95. The second-order valence-electron chi connectivity index (χ2n) is 9.09. The minimum Gasteiger partial charge on any atom is -0.544 e. The highest BCUT2D eigenvalue weighted by molar-refractivity contribution is 5.81. The van der Waals surface area contributed by atoms with Crippen molar-refractivity contribution in [1.29, 1.82) is 0 Å². The Hall–Kier alpha value is -1.46. The first-order valence-electron chi connectivity index (χ1n) is 12.8. The maximum absolute atomic E-state index is 11.2. The number of hydrogen-bond acceptors (Lipinski definition) is 4. The van der Waals surface area contributed by atoms with E-state index in [1.54, 1.807) is 12.4 Å². The van der Waals surface area contributed by atoms with Crippen molar-refractivity contribution in [2.45, 2.75) is 123 Å². The highest BCUT2D eigenvalue weighted by Crippen LogP contribution is 2.23. The van der Waals surface area contributed by atoms with Gasteiger partial charge in [0.25, 0.3) is 0 Å². The maximum Gasteiger partial charge on any atom is 0.209 e. The second-order valence-corrected chi connectivity index (χ2v) is 9.09. The molecule has 0 fully saturated rings. The number of carboxylic acids is 1. The smallest absolute Gasteiger partial charge is 0.209 e. The number of aliphatic carboxylic acids is 1. The van der Waals surface area contributed by atoms with E-state index in [1.807, 2.05) is 6.92 Å². The minimum absolute atomic E-state index is 0.0882. The molecule has 5 heteroatoms. The number of carbonyl (C=O) groups is 1. The van der Waals surface area contributed by atoms with Crippen LogP contribution in [-0.4, -0.2) is 29.0 Å². The highest BCUT2D eigenvalue weighted by Gasteiger charge is 2.38. The van der Waals surface area contributed by atoms with E-state index in [2.05, 4.69) is 24.1 Å². The largest absolute Gasteiger partial charge is 0.544 e. The molecule has 0 amide bonds. The first-order valence-corrected chi connectivity index (χ1v) is 12.8. The molecule has 1 heterocycles. The highest BCUT2D eigenvalue weighted by atomic mass is 16.4. The van der Waals surface area contributed by atoms with E-state index in [-0.39, 0.29) is 17.2 Å². The van der Waals surface area contributed by atoms with E-state index in [0.29, 0.717) is 0 Å². The first kappa shape index (κ1) is 27.6. The lowest BCUT2D eigenvalue weighted by molar-refractivity contribution is -0.808. The Balaban J connectivity index is 2.01. The molecule has 0 spiro atoms. The molecule has 0 aliphatic carbocycles. The Morgan fingerprint density at radius 2 is 1.48 bits per heavy atom. The number of quaternary nitrogens is 1. The number of allylic oxidation sites excluding steroid dienone is 2. The number of amidine groups is 1. The van der Waals surface area contributed by atoms with E-state index in [9.17, 15) is 9.90 Å². The lowest BCUT2D eigenvalue weighted by Gasteiger charge is -2.36. The zero-order valence-electron chi connectivity index (χ0n) is 20.2. The van der Waals surface area contributed by atoms with Gasteiger partial charge in [-0.2, -0.15) is 0 Å². The van der Waals surface area contributed by atoms with Gasteiger partial charge >= 0.3 is 0 Å². The van der Waals surface area contributed by atoms with Crippen molar-refractivity contribution >= 4 is 11.8 Å². The van der Waals surface area contributed by atoms with E-state index < -0.39 is 5.97 Å². The molecule has 1 aliphatic heterocycles. The molecule has 0 aromatic heterocycles. The molecule has 1 rings (SSSR count). The van der Waals surface area contributed by atoms with Gasteiger partial charge in [0, 0.05) is 13.3 Å². The quantitative estimate of drug-likeness (QED) is 0.155. The zero-order valence-corrected chi connectivity index (χ0v) is 20.2. The minimum atomic E-state index is -1.10. The molecule has 2 unspecified atom stereocenters. The van der Waals surface area contributed by atoms with Gasteiger partial charge in [-0.1, -0.05) is 89.7 Å². The topological polar surface area (TPSA) is 78.5 Å². The van der Waals surface area contributed by atoms with Gasteiger partial charge in [-0.05, 0) is 25.7 Å². The number of rotatable bonds is 20. The molecule has 0 saturated carbocycles. The number of aliphatic imine (C=N–C) groups is 1. The second kappa shape index (κ2) is 17.1. The van der Waals surface area contributed by atoms with Crippen LogP contribution in [0, 0.1) is 0 Å². The summed E-state index contributed by atoms with van der Waals surface area (Å²) in [4.78, 5) is 15.5. The molecule has 5 nitrogen and oxygen atoms in total. The Bertz CT molecular complexity index is 569. The lowest BCUT2D eigenvalue weighted by atomic mass is 10.0. The molecule has 1 aliphatic rings. The van der Waals surface area contributed by atoms with Crippen molar-refractivity contribution < 1.29 is 14.4 Å². The summed E-state index contributed by atoms with van der Waals surface area (Å²) in [7, 11) is 0. The summed E-state index contributed by atoms with van der Waals surface area (Å²) in [6, 6.07) is 0. The van der Waals surface area contributed by atoms with Crippen LogP contribution >= 0.6 is 0 Å². The normalized spacial score (nSPS) is 19.3. The van der Waals surface area contributed by atoms with Crippen LogP contribution in [-0.2, 0) is 4.79 Å². The molecule has 2 N–H and O–H groups in total. The van der Waals surface area contributed by atoms with E-state index in [0.717, 1.165) is 31.5 Å². The van der Waals surface area contributed by atoms with E-state index >= 15 is 0 Å². The number of unbranched alkanes of at least 4 members (excludes halogenated alkanes) is 13. The SMILES string of the molecule is CCCCCCCCCCCCCC/C=C/CCCC1=NC=C[N+]1(CC(=O)[O-])C(C)N. The van der Waals surface area contributed by atoms with Crippen molar-refractivity contribution in [2.24, 2.45) is 10.7 Å². The van der Waals surface area contributed by atoms with Crippen LogP contribution in [0.5, 0.6) is 0 Å². The third kappa shape index (κ3) is 11.6. The van der Waals surface area contributed by atoms with Gasteiger partial charge in [0.2, 0.25) is 5.84 Å². The molecule has 0 aromatic rings. The van der Waals surface area contributed by atoms with Crippen molar-refractivity contribution in [3.05, 3.63) is 24.6 Å². The van der Waals surface area contributed by atoms with Crippen LogP contribution in [0.1, 0.15) is 117 Å². The third-order valence-electron chi connectivity index (χ3n) is 6.32. The Labute approximate surface area is 191 Å². The van der Waals surface area contributed by atoms with Gasteiger partial charge in [-0.3, -0.25) is 5.73 Å². The summed E-state index contributed by atoms with van der Waals surface area (Å²) in [6.07, 6.45) is 28.1. The van der Waals surface area contributed by atoms with Crippen LogP contribution in [0.3, 0.4) is 0 Å². The van der Waals surface area contributed by atoms with Gasteiger partial charge in [0.05, 0.1) is 12.2 Å². The molecule has 0 bridgehead atoms. The number of nitrogens with two attached hydrogens (primary N) is 1. The summed E-state index contributed by atoms with van der Waals surface area (Å²) in [5.74, 6) is -0.271. The zero-order chi connectivity index (χ0) is 22.8. The number of carbonyl (C=O) groups excluding carboxylic acids is 1. The van der Waals surface area contributed by atoms with Crippen molar-refractivity contribution in [2.75, 3.05) is 6.54 Å². The van der Waals surface area contributed by atoms with Gasteiger partial charge in [0.15, 0.2) is 0 Å². The molecule has 2 atom stereocenters. The van der Waals surface area contributed by atoms with Crippen LogP contribution in [0.2, 0.25) is 0 Å². The average Bonchev–Trinajstić information content (AvgIpc) is 3.13. The molecule has 0 radical (unpaired) electrons. The van der Waals surface area contributed by atoms with Crippen LogP contribution in [0.15, 0.2) is 29.5 Å². The van der Waals surface area contributed by atoms with Crippen molar-refractivity contribution in [1.82, 2.24) is 0 Å². The first-order chi connectivity index (χ1) is 15.0. The number of nitrogens with zero attached hydrogens (tertiary/aromatic N) is 2. The summed E-state index contributed by atoms with van der Waals surface area (Å²) >= 11 is 0. The standard InChI is InChI=1S/C26H47N3O2/c1-3-4-5-6-7-8-9-10-11-12-13-14-15-16-17-18-19-20-25-28-21-22-29(25,24(2)27)23-26(30)31/h16-17,21-22,24H,3-15,18-20,23,27H2,1-2H3/b17-16+. The number of hydrogen-bond donors (Lipinski definition) is 1.